The number of halogens is 2. The number of nitrogens with one attached hydrogen (secondary N) is 1. The van der Waals surface area contributed by atoms with Gasteiger partial charge in [0.15, 0.2) is 11.5 Å². The molecule has 7 heteroatoms. The van der Waals surface area contributed by atoms with E-state index in [9.17, 15) is 0 Å². The molecule has 0 fully saturated rings. The number of rotatable bonds is 4. The molecule has 1 N–H and O–H groups in total. The molecule has 23 heavy (non-hydrogen) atoms. The highest BCUT2D eigenvalue weighted by molar-refractivity contribution is 9.11. The molecule has 0 radical (unpaired) electrons. The molecule has 0 saturated carbocycles. The zero-order chi connectivity index (χ0) is 16.4. The Morgan fingerprint density at radius 3 is 2.43 bits per heavy atom. The summed E-state index contributed by atoms with van der Waals surface area (Å²) < 4.78 is 12.6. The molecule has 1 aromatic heterocycles. The number of nitrogens with zero attached hydrogens (tertiary/aromatic N) is 2. The lowest BCUT2D eigenvalue weighted by molar-refractivity contribution is 0.356. The number of ether oxygens (including phenoxy) is 2. The Bertz CT molecular complexity index is 871. The largest absolute Gasteiger partial charge is 0.493 e. The lowest BCUT2D eigenvalue weighted by Crippen LogP contribution is -1.98. The summed E-state index contributed by atoms with van der Waals surface area (Å²) in [6, 6.07) is 9.58. The van der Waals surface area contributed by atoms with Gasteiger partial charge < -0.3 is 14.8 Å². The monoisotopic (exact) mass is 437 g/mol. The first kappa shape index (κ1) is 16.0. The quantitative estimate of drug-likeness (QED) is 0.626. The van der Waals surface area contributed by atoms with Gasteiger partial charge in [-0.3, -0.25) is 0 Å². The van der Waals surface area contributed by atoms with Gasteiger partial charge in [-0.2, -0.15) is 0 Å². The minimum absolute atomic E-state index is 0.631. The number of fused-ring (bicyclic) bond motifs is 1. The number of hydrogen-bond donors (Lipinski definition) is 1. The molecule has 3 aromatic rings. The summed E-state index contributed by atoms with van der Waals surface area (Å²) in [5, 5.41) is 4.16. The van der Waals surface area contributed by atoms with Crippen LogP contribution in [0.1, 0.15) is 0 Å². The number of anilines is 2. The third-order valence-electron chi connectivity index (χ3n) is 3.32. The third-order valence-corrected chi connectivity index (χ3v) is 4.51. The van der Waals surface area contributed by atoms with Crippen LogP contribution in [0.3, 0.4) is 0 Å². The van der Waals surface area contributed by atoms with Gasteiger partial charge in [-0.1, -0.05) is 15.9 Å². The Hall–Kier alpha value is -1.86. The van der Waals surface area contributed by atoms with Crippen molar-refractivity contribution in [2.24, 2.45) is 0 Å². The Morgan fingerprint density at radius 2 is 1.70 bits per heavy atom. The van der Waals surface area contributed by atoms with Gasteiger partial charge in [0, 0.05) is 20.4 Å². The van der Waals surface area contributed by atoms with Gasteiger partial charge in [0.05, 0.1) is 25.4 Å². The average molecular weight is 439 g/mol. The van der Waals surface area contributed by atoms with Crippen LogP contribution in [0.25, 0.3) is 10.9 Å². The van der Waals surface area contributed by atoms with E-state index < -0.39 is 0 Å². The van der Waals surface area contributed by atoms with E-state index in [4.69, 9.17) is 9.47 Å². The second kappa shape index (κ2) is 6.72. The summed E-state index contributed by atoms with van der Waals surface area (Å²) in [5.41, 5.74) is 1.67. The highest BCUT2D eigenvalue weighted by atomic mass is 79.9. The number of methoxy groups -OCH3 is 2. The Morgan fingerprint density at radius 1 is 0.957 bits per heavy atom. The van der Waals surface area contributed by atoms with Crippen LogP contribution in [0.2, 0.25) is 0 Å². The summed E-state index contributed by atoms with van der Waals surface area (Å²) >= 11 is 7.00. The zero-order valence-electron chi connectivity index (χ0n) is 12.4. The van der Waals surface area contributed by atoms with Gasteiger partial charge in [0.2, 0.25) is 0 Å². The summed E-state index contributed by atoms with van der Waals surface area (Å²) in [5.74, 6) is 1.95. The highest BCUT2D eigenvalue weighted by Crippen LogP contribution is 2.35. The minimum Gasteiger partial charge on any atom is -0.493 e. The van der Waals surface area contributed by atoms with Crippen LogP contribution in [0.5, 0.6) is 11.5 Å². The van der Waals surface area contributed by atoms with E-state index in [1.165, 1.54) is 6.33 Å². The lowest BCUT2D eigenvalue weighted by Gasteiger charge is -2.13. The lowest BCUT2D eigenvalue weighted by atomic mass is 10.2. The van der Waals surface area contributed by atoms with Gasteiger partial charge in [-0.05, 0) is 40.2 Å². The fraction of sp³-hybridized carbons (Fsp3) is 0.125. The van der Waals surface area contributed by atoms with E-state index in [-0.39, 0.29) is 0 Å². The van der Waals surface area contributed by atoms with Crippen molar-refractivity contribution in [3.63, 3.8) is 0 Å². The topological polar surface area (TPSA) is 56.3 Å². The van der Waals surface area contributed by atoms with E-state index in [0.29, 0.717) is 17.3 Å². The first-order chi connectivity index (χ1) is 11.1. The molecule has 1 heterocycles. The molecule has 5 nitrogen and oxygen atoms in total. The van der Waals surface area contributed by atoms with Crippen molar-refractivity contribution >= 4 is 54.3 Å². The molecule has 0 aliphatic rings. The number of benzene rings is 2. The predicted molar refractivity (Wildman–Crippen MR) is 97.8 cm³/mol. The first-order valence-corrected chi connectivity index (χ1v) is 8.30. The average Bonchev–Trinajstić information content (AvgIpc) is 2.57. The molecule has 2 aromatic carbocycles. The number of hydrogen-bond acceptors (Lipinski definition) is 5. The van der Waals surface area contributed by atoms with Gasteiger partial charge in [-0.15, -0.1) is 0 Å². The standard InChI is InChI=1S/C16H13Br2N3O2/c1-22-14-6-10-12(7-15(14)23-2)19-8-20-16(10)21-13-5-9(17)3-4-11(13)18/h3-8H,1-2H3,(H,19,20,21). The minimum atomic E-state index is 0.631. The maximum Gasteiger partial charge on any atom is 0.162 e. The van der Waals surface area contributed by atoms with E-state index in [1.807, 2.05) is 30.3 Å². The molecule has 0 saturated heterocycles. The smallest absolute Gasteiger partial charge is 0.162 e. The molecule has 3 rings (SSSR count). The fourth-order valence-electron chi connectivity index (χ4n) is 2.20. The molecule has 0 aliphatic carbocycles. The van der Waals surface area contributed by atoms with E-state index >= 15 is 0 Å². The molecular weight excluding hydrogens is 426 g/mol. The summed E-state index contributed by atoms with van der Waals surface area (Å²) in [7, 11) is 3.20. The summed E-state index contributed by atoms with van der Waals surface area (Å²) in [6.07, 6.45) is 1.52. The van der Waals surface area contributed by atoms with Gasteiger partial charge in [0.25, 0.3) is 0 Å². The van der Waals surface area contributed by atoms with Crippen molar-refractivity contribution in [2.75, 3.05) is 19.5 Å². The Balaban J connectivity index is 2.12. The van der Waals surface area contributed by atoms with E-state index in [1.54, 1.807) is 14.2 Å². The zero-order valence-corrected chi connectivity index (χ0v) is 15.6. The molecule has 118 valence electrons. The van der Waals surface area contributed by atoms with Gasteiger partial charge >= 0.3 is 0 Å². The van der Waals surface area contributed by atoms with Crippen molar-refractivity contribution < 1.29 is 9.47 Å². The molecular formula is C16H13Br2N3O2. The van der Waals surface area contributed by atoms with E-state index in [0.717, 1.165) is 25.5 Å². The molecule has 0 atom stereocenters. The molecule has 0 aliphatic heterocycles. The maximum absolute atomic E-state index is 5.37. The Kier molecular flexibility index (Phi) is 4.68. The maximum atomic E-state index is 5.37. The summed E-state index contributed by atoms with van der Waals surface area (Å²) in [6.45, 7) is 0. The van der Waals surface area contributed by atoms with Gasteiger partial charge in [-0.25, -0.2) is 9.97 Å². The van der Waals surface area contributed by atoms with Crippen molar-refractivity contribution in [2.45, 2.75) is 0 Å². The Labute approximate surface area is 150 Å². The van der Waals surface area contributed by atoms with Crippen LogP contribution in [-0.4, -0.2) is 24.2 Å². The van der Waals surface area contributed by atoms with Crippen molar-refractivity contribution in [3.05, 3.63) is 45.6 Å². The highest BCUT2D eigenvalue weighted by Gasteiger charge is 2.12. The van der Waals surface area contributed by atoms with Crippen LogP contribution < -0.4 is 14.8 Å². The normalized spacial score (nSPS) is 10.6. The summed E-state index contributed by atoms with van der Waals surface area (Å²) in [4.78, 5) is 8.65. The first-order valence-electron chi connectivity index (χ1n) is 6.71. The van der Waals surface area contributed by atoms with Crippen molar-refractivity contribution in [1.82, 2.24) is 9.97 Å². The van der Waals surface area contributed by atoms with Crippen LogP contribution in [-0.2, 0) is 0 Å². The third kappa shape index (κ3) is 3.25. The predicted octanol–water partition coefficient (Wildman–Crippen LogP) is 4.92. The molecule has 0 unspecified atom stereocenters. The van der Waals surface area contributed by atoms with Crippen molar-refractivity contribution in [1.29, 1.82) is 0 Å². The second-order valence-electron chi connectivity index (χ2n) is 4.70. The van der Waals surface area contributed by atoms with Crippen LogP contribution in [0.15, 0.2) is 45.6 Å². The van der Waals surface area contributed by atoms with Crippen LogP contribution in [0, 0.1) is 0 Å². The van der Waals surface area contributed by atoms with Crippen LogP contribution in [0.4, 0.5) is 11.5 Å². The van der Waals surface area contributed by atoms with Gasteiger partial charge in [0.1, 0.15) is 12.1 Å². The molecule has 0 amide bonds. The number of aromatic nitrogens is 2. The second-order valence-corrected chi connectivity index (χ2v) is 6.47. The fourth-order valence-corrected chi connectivity index (χ4v) is 2.91. The molecule has 0 bridgehead atoms. The van der Waals surface area contributed by atoms with Crippen molar-refractivity contribution in [3.8, 4) is 11.5 Å². The SMILES string of the molecule is COc1cc2ncnc(Nc3cc(Br)ccc3Br)c2cc1OC. The molecule has 0 spiro atoms. The van der Waals surface area contributed by atoms with Crippen LogP contribution >= 0.6 is 31.9 Å². The van der Waals surface area contributed by atoms with E-state index in [2.05, 4.69) is 47.1 Å².